The maximum atomic E-state index is 12.8. The summed E-state index contributed by atoms with van der Waals surface area (Å²) in [6, 6.07) is 11.9. The molecule has 0 aliphatic carbocycles. The molecule has 0 saturated heterocycles. The Kier molecular flexibility index (Phi) is 6.05. The van der Waals surface area contributed by atoms with E-state index in [9.17, 15) is 19.5 Å². The third kappa shape index (κ3) is 4.85. The number of hydrogen-bond donors (Lipinski definition) is 3. The van der Waals surface area contributed by atoms with Crippen molar-refractivity contribution in [3.05, 3.63) is 97.2 Å². The number of fused-ring (bicyclic) bond motifs is 1. The molecule has 0 spiro atoms. The molecule has 3 heterocycles. The molecule has 2 aromatic carbocycles. The van der Waals surface area contributed by atoms with Gasteiger partial charge in [0.15, 0.2) is 5.76 Å². The first kappa shape index (κ1) is 23.6. The van der Waals surface area contributed by atoms with E-state index in [1.54, 1.807) is 30.5 Å². The summed E-state index contributed by atoms with van der Waals surface area (Å²) in [6.07, 6.45) is 2.93. The summed E-state index contributed by atoms with van der Waals surface area (Å²) < 4.78 is 13.2. The van der Waals surface area contributed by atoms with Crippen LogP contribution in [0.1, 0.15) is 11.3 Å². The number of rotatable bonds is 7. The minimum atomic E-state index is -0.586. The van der Waals surface area contributed by atoms with Crippen molar-refractivity contribution in [2.45, 2.75) is 13.2 Å². The summed E-state index contributed by atoms with van der Waals surface area (Å²) in [6.45, 7) is 0.177. The Morgan fingerprint density at radius 2 is 1.89 bits per heavy atom. The number of ether oxygens (including phenoxy) is 1. The third-order valence-electron chi connectivity index (χ3n) is 5.69. The van der Waals surface area contributed by atoms with Crippen LogP contribution >= 0.6 is 0 Å². The number of anilines is 1. The second-order valence-corrected chi connectivity index (χ2v) is 8.50. The van der Waals surface area contributed by atoms with Gasteiger partial charge in [-0.15, -0.1) is 5.10 Å². The highest BCUT2D eigenvalue weighted by atomic mass is 16.5. The topological polar surface area (TPSA) is 159 Å². The van der Waals surface area contributed by atoms with Crippen LogP contribution in [0.25, 0.3) is 22.3 Å². The quantitative estimate of drug-likeness (QED) is 0.302. The van der Waals surface area contributed by atoms with E-state index in [1.165, 1.54) is 16.9 Å². The van der Waals surface area contributed by atoms with Crippen LogP contribution in [0.2, 0.25) is 0 Å². The van der Waals surface area contributed by atoms with E-state index in [0.717, 1.165) is 5.69 Å². The predicted octanol–water partition coefficient (Wildman–Crippen LogP) is 1.83. The van der Waals surface area contributed by atoms with E-state index >= 15 is 0 Å². The lowest BCUT2D eigenvalue weighted by molar-refractivity contribution is 0.301. The average Bonchev–Trinajstić information content (AvgIpc) is 3.34. The van der Waals surface area contributed by atoms with Crippen molar-refractivity contribution < 1.29 is 14.3 Å². The number of H-pyrrole nitrogens is 2. The third-order valence-corrected chi connectivity index (χ3v) is 5.69. The maximum absolute atomic E-state index is 12.8. The highest BCUT2D eigenvalue weighted by Gasteiger charge is 2.16. The lowest BCUT2D eigenvalue weighted by atomic mass is 10.1. The standard InChI is InChI=1S/C25H22N6O6/c1-30(2)17-5-3-14(4-6-17)23-22(33)21(32)19-8-7-18(9-20(19)37-23)36-13-16-12-31(29-28-16)11-15-10-26-25(35)27-24(15)34/h3-10,12,33H,11,13H2,1-2H3,(H2,26,27,34,35). The number of nitrogens with one attached hydrogen (secondary N) is 2. The van der Waals surface area contributed by atoms with Gasteiger partial charge in [-0.1, -0.05) is 5.21 Å². The molecule has 0 unspecified atom stereocenters. The Balaban J connectivity index is 1.35. The molecule has 0 aliphatic heterocycles. The molecular weight excluding hydrogens is 480 g/mol. The van der Waals surface area contributed by atoms with Gasteiger partial charge in [-0.2, -0.15) is 0 Å². The first-order chi connectivity index (χ1) is 17.8. The van der Waals surface area contributed by atoms with E-state index in [4.69, 9.17) is 9.15 Å². The Morgan fingerprint density at radius 1 is 1.11 bits per heavy atom. The number of nitrogens with zero attached hydrogens (tertiary/aromatic N) is 4. The van der Waals surface area contributed by atoms with E-state index in [1.807, 2.05) is 31.1 Å². The summed E-state index contributed by atoms with van der Waals surface area (Å²) in [7, 11) is 3.83. The molecular formula is C25H22N6O6. The van der Waals surface area contributed by atoms with E-state index in [-0.39, 0.29) is 29.9 Å². The molecule has 0 atom stereocenters. The zero-order chi connectivity index (χ0) is 26.1. The zero-order valence-electron chi connectivity index (χ0n) is 19.9. The molecule has 5 rings (SSSR count). The van der Waals surface area contributed by atoms with Crippen molar-refractivity contribution in [1.29, 1.82) is 0 Å². The predicted molar refractivity (Wildman–Crippen MR) is 135 cm³/mol. The Bertz CT molecular complexity index is 1760. The summed E-state index contributed by atoms with van der Waals surface area (Å²) in [5.74, 6) is 0.0266. The molecule has 0 bridgehead atoms. The molecule has 0 aliphatic rings. The lowest BCUT2D eigenvalue weighted by Crippen LogP contribution is -2.25. The van der Waals surface area contributed by atoms with Gasteiger partial charge in [0.25, 0.3) is 5.56 Å². The lowest BCUT2D eigenvalue weighted by Gasteiger charge is -2.13. The summed E-state index contributed by atoms with van der Waals surface area (Å²) >= 11 is 0. The fourth-order valence-corrected chi connectivity index (χ4v) is 3.73. The van der Waals surface area contributed by atoms with Crippen LogP contribution in [-0.4, -0.2) is 44.2 Å². The van der Waals surface area contributed by atoms with Crippen LogP contribution in [0.4, 0.5) is 5.69 Å². The van der Waals surface area contributed by atoms with Gasteiger partial charge in [0.05, 0.1) is 23.7 Å². The van der Waals surface area contributed by atoms with Crippen molar-refractivity contribution in [2.24, 2.45) is 0 Å². The van der Waals surface area contributed by atoms with Crippen LogP contribution in [-0.2, 0) is 13.2 Å². The molecule has 3 N–H and O–H groups in total. The molecule has 0 saturated carbocycles. The van der Waals surface area contributed by atoms with E-state index < -0.39 is 22.4 Å². The SMILES string of the molecule is CN(C)c1ccc(-c2oc3cc(OCc4cn(Cc5c[nH]c(=O)[nH]c5=O)nn4)ccc3c(=O)c2O)cc1. The summed E-state index contributed by atoms with van der Waals surface area (Å²) in [5.41, 5.74) is 0.959. The largest absolute Gasteiger partial charge is 0.502 e. The van der Waals surface area contributed by atoms with Gasteiger partial charge in [-0.3, -0.25) is 14.6 Å². The van der Waals surface area contributed by atoms with Crippen molar-refractivity contribution >= 4 is 16.7 Å². The Hall–Kier alpha value is -5.13. The second kappa shape index (κ2) is 9.49. The highest BCUT2D eigenvalue weighted by molar-refractivity contribution is 5.83. The Labute approximate surface area is 208 Å². The van der Waals surface area contributed by atoms with Gasteiger partial charge in [-0.05, 0) is 36.4 Å². The van der Waals surface area contributed by atoms with Crippen molar-refractivity contribution in [3.63, 3.8) is 0 Å². The molecule has 3 aromatic heterocycles. The minimum Gasteiger partial charge on any atom is -0.502 e. The number of aromatic amines is 2. The number of benzene rings is 2. The van der Waals surface area contributed by atoms with Crippen molar-refractivity contribution in [3.8, 4) is 22.8 Å². The molecule has 188 valence electrons. The number of hydrogen-bond acceptors (Lipinski definition) is 9. The van der Waals surface area contributed by atoms with Crippen LogP contribution in [0, 0.1) is 0 Å². The molecule has 5 aromatic rings. The van der Waals surface area contributed by atoms with Gasteiger partial charge in [-0.25, -0.2) is 9.48 Å². The van der Waals surface area contributed by atoms with Crippen molar-refractivity contribution in [2.75, 3.05) is 19.0 Å². The summed E-state index contributed by atoms with van der Waals surface area (Å²) in [5, 5.41) is 18.7. The fourth-order valence-electron chi connectivity index (χ4n) is 3.73. The van der Waals surface area contributed by atoms with Crippen LogP contribution in [0.5, 0.6) is 11.5 Å². The molecule has 12 nitrogen and oxygen atoms in total. The van der Waals surface area contributed by atoms with Crippen LogP contribution in [0.15, 0.2) is 73.7 Å². The Morgan fingerprint density at radius 3 is 2.62 bits per heavy atom. The smallest absolute Gasteiger partial charge is 0.325 e. The maximum Gasteiger partial charge on any atom is 0.325 e. The van der Waals surface area contributed by atoms with E-state index in [2.05, 4.69) is 20.3 Å². The highest BCUT2D eigenvalue weighted by Crippen LogP contribution is 2.32. The molecule has 37 heavy (non-hydrogen) atoms. The van der Waals surface area contributed by atoms with Gasteiger partial charge >= 0.3 is 5.69 Å². The molecule has 0 amide bonds. The first-order valence-corrected chi connectivity index (χ1v) is 11.2. The fraction of sp³-hybridized carbons (Fsp3) is 0.160. The van der Waals surface area contributed by atoms with Gasteiger partial charge < -0.3 is 24.1 Å². The number of aromatic hydroxyl groups is 1. The van der Waals surface area contributed by atoms with Crippen molar-refractivity contribution in [1.82, 2.24) is 25.0 Å². The van der Waals surface area contributed by atoms with Crippen LogP contribution < -0.4 is 26.3 Å². The van der Waals surface area contributed by atoms with Gasteiger partial charge in [0, 0.05) is 37.6 Å². The second-order valence-electron chi connectivity index (χ2n) is 8.50. The van der Waals surface area contributed by atoms with Gasteiger partial charge in [0.1, 0.15) is 23.6 Å². The summed E-state index contributed by atoms with van der Waals surface area (Å²) in [4.78, 5) is 42.3. The van der Waals surface area contributed by atoms with Crippen LogP contribution in [0.3, 0.4) is 0 Å². The number of aromatic nitrogens is 5. The minimum absolute atomic E-state index is 0.0641. The molecule has 0 radical (unpaired) electrons. The normalized spacial score (nSPS) is 11.1. The average molecular weight is 502 g/mol. The molecule has 12 heteroatoms. The monoisotopic (exact) mass is 502 g/mol. The first-order valence-electron chi connectivity index (χ1n) is 11.2. The van der Waals surface area contributed by atoms with E-state index in [0.29, 0.717) is 22.6 Å². The molecule has 0 fully saturated rings. The van der Waals surface area contributed by atoms with Gasteiger partial charge in [0.2, 0.25) is 11.2 Å². The zero-order valence-corrected chi connectivity index (χ0v) is 19.9.